The van der Waals surface area contributed by atoms with Crippen LogP contribution in [0.25, 0.3) is 0 Å². The Bertz CT molecular complexity index is 703. The van der Waals surface area contributed by atoms with Crippen LogP contribution in [0.1, 0.15) is 18.5 Å². The summed E-state index contributed by atoms with van der Waals surface area (Å²) in [5.74, 6) is -0.333. The minimum atomic E-state index is -0.333. The lowest BCUT2D eigenvalue weighted by molar-refractivity contribution is 0.00974. The van der Waals surface area contributed by atoms with Crippen molar-refractivity contribution in [3.8, 4) is 0 Å². The molecule has 0 aromatic heterocycles. The summed E-state index contributed by atoms with van der Waals surface area (Å²) in [7, 11) is 0. The van der Waals surface area contributed by atoms with E-state index in [9.17, 15) is 9.18 Å². The number of hydrogen-bond acceptors (Lipinski definition) is 3. The van der Waals surface area contributed by atoms with Gasteiger partial charge in [-0.3, -0.25) is 4.90 Å². The quantitative estimate of drug-likeness (QED) is 0.862. The maximum absolute atomic E-state index is 13.0. The first-order valence-electron chi connectivity index (χ1n) is 8.83. The number of nitrogens with one attached hydrogen (secondary N) is 2. The minimum Gasteiger partial charge on any atom is -0.379 e. The van der Waals surface area contributed by atoms with Gasteiger partial charge in [-0.2, -0.15) is 0 Å². The van der Waals surface area contributed by atoms with Crippen molar-refractivity contribution in [2.75, 3.05) is 31.6 Å². The first kappa shape index (κ1) is 18.4. The van der Waals surface area contributed by atoms with Crippen molar-refractivity contribution >= 4 is 11.7 Å². The highest BCUT2D eigenvalue weighted by Crippen LogP contribution is 2.25. The topological polar surface area (TPSA) is 53.6 Å². The van der Waals surface area contributed by atoms with Gasteiger partial charge in [-0.15, -0.1) is 0 Å². The third kappa shape index (κ3) is 4.80. The van der Waals surface area contributed by atoms with Crippen molar-refractivity contribution in [1.82, 2.24) is 10.2 Å². The maximum Gasteiger partial charge on any atom is 0.319 e. The molecule has 1 saturated heterocycles. The normalized spacial score (nSPS) is 17.3. The predicted molar refractivity (Wildman–Crippen MR) is 99.6 cm³/mol. The summed E-state index contributed by atoms with van der Waals surface area (Å²) in [6.07, 6.45) is 0. The van der Waals surface area contributed by atoms with Crippen molar-refractivity contribution in [2.24, 2.45) is 0 Å². The SMILES string of the molecule is C[C@@H](NC(=O)Nc1ccc(F)cc1)[C@H](c1ccccc1)N1CCOCC1. The van der Waals surface area contributed by atoms with Crippen LogP contribution in [0.15, 0.2) is 54.6 Å². The lowest BCUT2D eigenvalue weighted by Crippen LogP contribution is -2.49. The van der Waals surface area contributed by atoms with E-state index in [-0.39, 0.29) is 23.9 Å². The Kier molecular flexibility index (Phi) is 6.20. The van der Waals surface area contributed by atoms with Gasteiger partial charge < -0.3 is 15.4 Å². The number of rotatable bonds is 5. The third-order valence-corrected chi connectivity index (χ3v) is 4.51. The van der Waals surface area contributed by atoms with E-state index < -0.39 is 0 Å². The molecule has 0 saturated carbocycles. The molecule has 0 spiro atoms. The van der Waals surface area contributed by atoms with Gasteiger partial charge in [0, 0.05) is 24.8 Å². The number of anilines is 1. The summed E-state index contributed by atoms with van der Waals surface area (Å²) >= 11 is 0. The predicted octanol–water partition coefficient (Wildman–Crippen LogP) is 3.41. The molecule has 26 heavy (non-hydrogen) atoms. The lowest BCUT2D eigenvalue weighted by atomic mass is 9.98. The molecule has 0 aliphatic carbocycles. The fourth-order valence-electron chi connectivity index (χ4n) is 3.31. The summed E-state index contributed by atoms with van der Waals surface area (Å²) < 4.78 is 18.5. The van der Waals surface area contributed by atoms with Gasteiger partial charge in [-0.05, 0) is 36.8 Å². The molecule has 0 unspecified atom stereocenters. The zero-order valence-corrected chi connectivity index (χ0v) is 14.8. The van der Waals surface area contributed by atoms with E-state index in [1.807, 2.05) is 25.1 Å². The summed E-state index contributed by atoms with van der Waals surface area (Å²) in [5.41, 5.74) is 1.71. The first-order valence-corrected chi connectivity index (χ1v) is 8.83. The van der Waals surface area contributed by atoms with Gasteiger partial charge in [-0.25, -0.2) is 9.18 Å². The fourth-order valence-corrected chi connectivity index (χ4v) is 3.31. The molecule has 1 fully saturated rings. The molecule has 138 valence electrons. The molecular formula is C20H24FN3O2. The van der Waals surface area contributed by atoms with Crippen molar-refractivity contribution in [2.45, 2.75) is 19.0 Å². The lowest BCUT2D eigenvalue weighted by Gasteiger charge is -2.38. The van der Waals surface area contributed by atoms with Gasteiger partial charge in [0.05, 0.1) is 19.3 Å². The number of carbonyl (C=O) groups excluding carboxylic acids is 1. The monoisotopic (exact) mass is 357 g/mol. The molecule has 6 heteroatoms. The standard InChI is InChI=1S/C20H24FN3O2/c1-15(22-20(25)23-18-9-7-17(21)8-10-18)19(16-5-3-2-4-6-16)24-11-13-26-14-12-24/h2-10,15,19H,11-14H2,1H3,(H2,22,23,25)/t15-,19-/m1/s1. The Morgan fingerprint density at radius 3 is 2.38 bits per heavy atom. The number of carbonyl (C=O) groups is 1. The number of hydrogen-bond donors (Lipinski definition) is 2. The molecule has 2 N–H and O–H groups in total. The van der Waals surface area contributed by atoms with Gasteiger partial charge in [0.15, 0.2) is 0 Å². The van der Waals surface area contributed by atoms with E-state index in [2.05, 4.69) is 27.7 Å². The minimum absolute atomic E-state index is 0.0547. The van der Waals surface area contributed by atoms with E-state index >= 15 is 0 Å². The zero-order valence-electron chi connectivity index (χ0n) is 14.8. The Hall–Kier alpha value is -2.44. The number of ether oxygens (including phenoxy) is 1. The van der Waals surface area contributed by atoms with E-state index in [1.165, 1.54) is 24.3 Å². The smallest absolute Gasteiger partial charge is 0.319 e. The molecule has 2 aromatic carbocycles. The maximum atomic E-state index is 13.0. The number of morpholine rings is 1. The van der Waals surface area contributed by atoms with E-state index in [0.29, 0.717) is 18.9 Å². The fraction of sp³-hybridized carbons (Fsp3) is 0.350. The number of amides is 2. The van der Waals surface area contributed by atoms with Gasteiger partial charge in [-0.1, -0.05) is 30.3 Å². The van der Waals surface area contributed by atoms with Crippen LogP contribution in [0.4, 0.5) is 14.9 Å². The highest BCUT2D eigenvalue weighted by atomic mass is 19.1. The van der Waals surface area contributed by atoms with E-state index in [1.54, 1.807) is 0 Å². The molecular weight excluding hydrogens is 333 g/mol. The van der Waals surface area contributed by atoms with Gasteiger partial charge in [0.1, 0.15) is 5.82 Å². The first-order chi connectivity index (χ1) is 12.6. The zero-order chi connectivity index (χ0) is 18.4. The molecule has 2 aromatic rings. The van der Waals surface area contributed by atoms with Crippen molar-refractivity contribution in [3.05, 3.63) is 66.0 Å². The van der Waals surface area contributed by atoms with E-state index in [4.69, 9.17) is 4.74 Å². The van der Waals surface area contributed by atoms with Crippen LogP contribution >= 0.6 is 0 Å². The Morgan fingerprint density at radius 1 is 1.08 bits per heavy atom. The van der Waals surface area contributed by atoms with Crippen LogP contribution in [-0.2, 0) is 4.74 Å². The molecule has 1 aliphatic rings. The van der Waals surface area contributed by atoms with Gasteiger partial charge in [0.2, 0.25) is 0 Å². The van der Waals surface area contributed by atoms with E-state index in [0.717, 1.165) is 18.7 Å². The van der Waals surface area contributed by atoms with Crippen molar-refractivity contribution in [1.29, 1.82) is 0 Å². The third-order valence-electron chi connectivity index (χ3n) is 4.51. The highest BCUT2D eigenvalue weighted by Gasteiger charge is 2.28. The van der Waals surface area contributed by atoms with Gasteiger partial charge >= 0.3 is 6.03 Å². The molecule has 3 rings (SSSR count). The Balaban J connectivity index is 1.69. The largest absolute Gasteiger partial charge is 0.379 e. The number of nitrogens with zero attached hydrogens (tertiary/aromatic N) is 1. The molecule has 0 radical (unpaired) electrons. The average Bonchev–Trinajstić information content (AvgIpc) is 2.65. The van der Waals surface area contributed by atoms with Crippen LogP contribution in [0.3, 0.4) is 0 Å². The number of benzene rings is 2. The van der Waals surface area contributed by atoms with Crippen LogP contribution in [-0.4, -0.2) is 43.3 Å². The summed E-state index contributed by atoms with van der Waals surface area (Å²) in [5, 5.41) is 5.76. The summed E-state index contributed by atoms with van der Waals surface area (Å²) in [6, 6.07) is 15.5. The Labute approximate surface area is 153 Å². The van der Waals surface area contributed by atoms with Crippen LogP contribution in [0.2, 0.25) is 0 Å². The van der Waals surface area contributed by atoms with Crippen molar-refractivity contribution in [3.63, 3.8) is 0 Å². The summed E-state index contributed by atoms with van der Waals surface area (Å²) in [6.45, 7) is 5.03. The van der Waals surface area contributed by atoms with Crippen LogP contribution < -0.4 is 10.6 Å². The van der Waals surface area contributed by atoms with Gasteiger partial charge in [0.25, 0.3) is 0 Å². The van der Waals surface area contributed by atoms with Crippen LogP contribution in [0, 0.1) is 5.82 Å². The number of urea groups is 1. The Morgan fingerprint density at radius 2 is 1.73 bits per heavy atom. The number of halogens is 1. The average molecular weight is 357 g/mol. The molecule has 2 amide bonds. The van der Waals surface area contributed by atoms with Crippen LogP contribution in [0.5, 0.6) is 0 Å². The molecule has 2 atom stereocenters. The summed E-state index contributed by atoms with van der Waals surface area (Å²) in [4.78, 5) is 14.7. The second kappa shape index (κ2) is 8.78. The second-order valence-electron chi connectivity index (χ2n) is 6.40. The highest BCUT2D eigenvalue weighted by molar-refractivity contribution is 5.89. The van der Waals surface area contributed by atoms with Crippen molar-refractivity contribution < 1.29 is 13.9 Å². The molecule has 0 bridgehead atoms. The molecule has 1 aliphatic heterocycles. The molecule has 1 heterocycles. The molecule has 5 nitrogen and oxygen atoms in total. The second-order valence-corrected chi connectivity index (χ2v) is 6.40.